The highest BCUT2D eigenvalue weighted by Gasteiger charge is 2.23. The first-order valence-corrected chi connectivity index (χ1v) is 9.54. The maximum absolute atomic E-state index is 5.91. The van der Waals surface area contributed by atoms with Gasteiger partial charge in [-0.05, 0) is 49.2 Å². The number of benzene rings is 2. The quantitative estimate of drug-likeness (QED) is 0.461. The molecule has 1 aliphatic rings. The van der Waals surface area contributed by atoms with Crippen LogP contribution in [0.2, 0.25) is 0 Å². The molecule has 0 spiro atoms. The van der Waals surface area contributed by atoms with Crippen molar-refractivity contribution in [3.63, 3.8) is 0 Å². The van der Waals surface area contributed by atoms with E-state index in [4.69, 9.17) is 9.72 Å². The molecule has 4 aromatic rings. The van der Waals surface area contributed by atoms with Crippen molar-refractivity contribution >= 4 is 5.52 Å². The van der Waals surface area contributed by atoms with Crippen LogP contribution in [0.5, 0.6) is 11.5 Å². The van der Waals surface area contributed by atoms with Crippen LogP contribution in [0, 0.1) is 0 Å². The summed E-state index contributed by atoms with van der Waals surface area (Å²) in [4.78, 5) is 9.37. The van der Waals surface area contributed by atoms with Crippen LogP contribution in [-0.4, -0.2) is 14.4 Å². The van der Waals surface area contributed by atoms with E-state index in [9.17, 15) is 0 Å². The Kier molecular flexibility index (Phi) is 4.09. The Bertz CT molecular complexity index is 1050. The lowest BCUT2D eigenvalue weighted by Gasteiger charge is -2.06. The third-order valence-electron chi connectivity index (χ3n) is 5.31. The van der Waals surface area contributed by atoms with Gasteiger partial charge >= 0.3 is 0 Å². The highest BCUT2D eigenvalue weighted by molar-refractivity contribution is 5.66. The first kappa shape index (κ1) is 16.1. The lowest BCUT2D eigenvalue weighted by molar-refractivity contribution is 0.483. The molecule has 1 fully saturated rings. The predicted molar refractivity (Wildman–Crippen MR) is 106 cm³/mol. The van der Waals surface area contributed by atoms with Crippen LogP contribution in [0.4, 0.5) is 0 Å². The summed E-state index contributed by atoms with van der Waals surface area (Å²) >= 11 is 0. The number of aromatic nitrogens is 3. The van der Waals surface area contributed by atoms with Gasteiger partial charge in [0.15, 0.2) is 0 Å². The van der Waals surface area contributed by atoms with Crippen molar-refractivity contribution in [2.75, 3.05) is 0 Å². The van der Waals surface area contributed by atoms with Gasteiger partial charge in [-0.3, -0.25) is 9.38 Å². The fraction of sp³-hybridized carbons (Fsp3) is 0.217. The monoisotopic (exact) mass is 355 g/mol. The smallest absolute Gasteiger partial charge is 0.144 e. The Morgan fingerprint density at radius 1 is 0.889 bits per heavy atom. The molecular formula is C23H21N3O. The summed E-state index contributed by atoms with van der Waals surface area (Å²) in [7, 11) is 0. The van der Waals surface area contributed by atoms with Crippen molar-refractivity contribution in [3.05, 3.63) is 78.9 Å². The number of rotatable bonds is 4. The van der Waals surface area contributed by atoms with Crippen LogP contribution in [0.25, 0.3) is 16.9 Å². The lowest BCUT2D eigenvalue weighted by atomic mass is 10.0. The minimum absolute atomic E-state index is 0.554. The Hall–Kier alpha value is -3.14. The average Bonchev–Trinajstić information content (AvgIpc) is 3.37. The first-order valence-electron chi connectivity index (χ1n) is 9.54. The van der Waals surface area contributed by atoms with Crippen LogP contribution in [0.3, 0.4) is 0 Å². The van der Waals surface area contributed by atoms with E-state index in [-0.39, 0.29) is 0 Å². The van der Waals surface area contributed by atoms with Crippen LogP contribution in [-0.2, 0) is 0 Å². The van der Waals surface area contributed by atoms with E-state index in [2.05, 4.69) is 21.5 Å². The van der Waals surface area contributed by atoms with Gasteiger partial charge in [-0.25, -0.2) is 4.98 Å². The summed E-state index contributed by atoms with van der Waals surface area (Å²) in [6.07, 6.45) is 10.8. The molecule has 4 nitrogen and oxygen atoms in total. The molecule has 0 saturated heterocycles. The normalized spacial score (nSPS) is 14.7. The first-order chi connectivity index (χ1) is 13.4. The molecule has 0 aliphatic heterocycles. The van der Waals surface area contributed by atoms with Crippen LogP contribution < -0.4 is 4.74 Å². The molecule has 2 heterocycles. The molecule has 5 rings (SSSR count). The molecular weight excluding hydrogens is 334 g/mol. The molecule has 0 radical (unpaired) electrons. The molecule has 0 N–H and O–H groups in total. The molecule has 0 amide bonds. The summed E-state index contributed by atoms with van der Waals surface area (Å²) in [5.74, 6) is 3.19. The molecule has 0 atom stereocenters. The molecule has 2 aromatic carbocycles. The Labute approximate surface area is 158 Å². The van der Waals surface area contributed by atoms with Gasteiger partial charge in [0.2, 0.25) is 0 Å². The highest BCUT2D eigenvalue weighted by atomic mass is 16.5. The number of para-hydroxylation sites is 1. The second-order valence-corrected chi connectivity index (χ2v) is 7.07. The second kappa shape index (κ2) is 6.88. The van der Waals surface area contributed by atoms with Crippen molar-refractivity contribution in [1.82, 2.24) is 14.4 Å². The SMILES string of the molecule is c1ccc(Oc2ccc(-c3nc(C4CCCC4)c4cnccn34)cc2)cc1. The van der Waals surface area contributed by atoms with Gasteiger partial charge in [0.1, 0.15) is 17.3 Å². The zero-order valence-electron chi connectivity index (χ0n) is 15.1. The third-order valence-corrected chi connectivity index (χ3v) is 5.31. The third kappa shape index (κ3) is 3.08. The maximum Gasteiger partial charge on any atom is 0.144 e. The summed E-state index contributed by atoms with van der Waals surface area (Å²) < 4.78 is 8.07. The summed E-state index contributed by atoms with van der Waals surface area (Å²) in [5.41, 5.74) is 3.41. The molecule has 1 aliphatic carbocycles. The Balaban J connectivity index is 1.50. The largest absolute Gasteiger partial charge is 0.457 e. The van der Waals surface area contributed by atoms with Gasteiger partial charge in [0, 0.05) is 23.9 Å². The number of hydrogen-bond acceptors (Lipinski definition) is 3. The molecule has 134 valence electrons. The molecule has 0 unspecified atom stereocenters. The molecule has 4 heteroatoms. The zero-order chi connectivity index (χ0) is 18.1. The average molecular weight is 355 g/mol. The van der Waals surface area contributed by atoms with E-state index in [0.29, 0.717) is 5.92 Å². The van der Waals surface area contributed by atoms with Crippen molar-refractivity contribution < 1.29 is 4.74 Å². The van der Waals surface area contributed by atoms with Gasteiger partial charge in [-0.15, -0.1) is 0 Å². The van der Waals surface area contributed by atoms with E-state index in [1.54, 1.807) is 0 Å². The van der Waals surface area contributed by atoms with Gasteiger partial charge in [-0.1, -0.05) is 31.0 Å². The Morgan fingerprint density at radius 2 is 1.63 bits per heavy atom. The van der Waals surface area contributed by atoms with E-state index in [0.717, 1.165) is 28.4 Å². The summed E-state index contributed by atoms with van der Waals surface area (Å²) in [5, 5.41) is 0. The van der Waals surface area contributed by atoms with E-state index in [1.807, 2.05) is 61.1 Å². The minimum atomic E-state index is 0.554. The predicted octanol–water partition coefficient (Wildman–Crippen LogP) is 5.85. The lowest BCUT2D eigenvalue weighted by Crippen LogP contribution is -1.93. The minimum Gasteiger partial charge on any atom is -0.457 e. The van der Waals surface area contributed by atoms with Crippen LogP contribution >= 0.6 is 0 Å². The van der Waals surface area contributed by atoms with Gasteiger partial charge in [0.05, 0.1) is 17.4 Å². The second-order valence-electron chi connectivity index (χ2n) is 7.07. The number of nitrogens with zero attached hydrogens (tertiary/aromatic N) is 3. The molecule has 27 heavy (non-hydrogen) atoms. The van der Waals surface area contributed by atoms with Crippen molar-refractivity contribution in [1.29, 1.82) is 0 Å². The van der Waals surface area contributed by atoms with Crippen molar-refractivity contribution in [2.45, 2.75) is 31.6 Å². The summed E-state index contributed by atoms with van der Waals surface area (Å²) in [6, 6.07) is 18.0. The fourth-order valence-electron chi connectivity index (χ4n) is 3.96. The van der Waals surface area contributed by atoms with E-state index >= 15 is 0 Å². The molecule has 1 saturated carbocycles. The highest BCUT2D eigenvalue weighted by Crippen LogP contribution is 2.37. The fourth-order valence-corrected chi connectivity index (χ4v) is 3.96. The molecule has 2 aromatic heterocycles. The van der Waals surface area contributed by atoms with Crippen LogP contribution in [0.1, 0.15) is 37.3 Å². The molecule has 0 bridgehead atoms. The number of ether oxygens (including phenoxy) is 1. The van der Waals surface area contributed by atoms with E-state index < -0.39 is 0 Å². The van der Waals surface area contributed by atoms with Gasteiger partial charge in [-0.2, -0.15) is 0 Å². The van der Waals surface area contributed by atoms with Crippen molar-refractivity contribution in [3.8, 4) is 22.9 Å². The van der Waals surface area contributed by atoms with Crippen LogP contribution in [0.15, 0.2) is 73.2 Å². The Morgan fingerprint density at radius 3 is 2.41 bits per heavy atom. The van der Waals surface area contributed by atoms with Gasteiger partial charge in [0.25, 0.3) is 0 Å². The zero-order valence-corrected chi connectivity index (χ0v) is 15.1. The van der Waals surface area contributed by atoms with Crippen molar-refractivity contribution in [2.24, 2.45) is 0 Å². The number of hydrogen-bond donors (Lipinski definition) is 0. The number of imidazole rings is 1. The van der Waals surface area contributed by atoms with E-state index in [1.165, 1.54) is 31.4 Å². The topological polar surface area (TPSA) is 39.4 Å². The standard InChI is InChI=1S/C23H21N3O/c1-2-8-19(9-3-1)27-20-12-10-18(11-13-20)23-25-22(17-6-4-5-7-17)21-16-24-14-15-26(21)23/h1-3,8-17H,4-7H2. The summed E-state index contributed by atoms with van der Waals surface area (Å²) in [6.45, 7) is 0. The maximum atomic E-state index is 5.91. The van der Waals surface area contributed by atoms with Gasteiger partial charge < -0.3 is 4.74 Å². The number of fused-ring (bicyclic) bond motifs is 1.